The van der Waals surface area contributed by atoms with Gasteiger partial charge in [0, 0.05) is 18.2 Å². The first kappa shape index (κ1) is 13.8. The highest BCUT2D eigenvalue weighted by Gasteiger charge is 2.26. The number of hydrogen-bond acceptors (Lipinski definition) is 3. The minimum atomic E-state index is -1.03. The molecule has 1 atom stereocenters. The van der Waals surface area contributed by atoms with Gasteiger partial charge < -0.3 is 15.7 Å². The van der Waals surface area contributed by atoms with Gasteiger partial charge in [-0.15, -0.1) is 0 Å². The van der Waals surface area contributed by atoms with E-state index in [1.54, 1.807) is 24.3 Å². The highest BCUT2D eigenvalue weighted by molar-refractivity contribution is 5.99. The number of anilines is 1. The molecule has 1 fully saturated rings. The minimum absolute atomic E-state index is 0.122. The second-order valence-corrected chi connectivity index (χ2v) is 4.45. The summed E-state index contributed by atoms with van der Waals surface area (Å²) < 4.78 is 0. The summed E-state index contributed by atoms with van der Waals surface area (Å²) in [5.41, 5.74) is 1.23. The van der Waals surface area contributed by atoms with E-state index in [0.717, 1.165) is 6.08 Å². The van der Waals surface area contributed by atoms with Crippen LogP contribution in [-0.4, -0.2) is 28.9 Å². The molecule has 20 heavy (non-hydrogen) atoms. The molecule has 1 heterocycles. The molecule has 6 nitrogen and oxygen atoms in total. The predicted octanol–water partition coefficient (Wildman–Crippen LogP) is 1.00. The first-order valence-corrected chi connectivity index (χ1v) is 6.16. The number of aliphatic carboxylic acids is 1. The van der Waals surface area contributed by atoms with Crippen LogP contribution in [0.15, 0.2) is 30.3 Å². The van der Waals surface area contributed by atoms with Gasteiger partial charge in [-0.3, -0.25) is 9.59 Å². The summed E-state index contributed by atoms with van der Waals surface area (Å²) in [6.07, 6.45) is 3.32. The van der Waals surface area contributed by atoms with E-state index in [9.17, 15) is 14.4 Å². The normalized spacial score (nSPS) is 18.0. The largest absolute Gasteiger partial charge is 0.478 e. The van der Waals surface area contributed by atoms with E-state index in [1.165, 1.54) is 6.08 Å². The molecular weight excluding hydrogens is 260 g/mol. The molecule has 1 saturated heterocycles. The van der Waals surface area contributed by atoms with Gasteiger partial charge in [-0.2, -0.15) is 0 Å². The number of nitrogens with one attached hydrogen (secondary N) is 2. The van der Waals surface area contributed by atoms with Gasteiger partial charge in [0.2, 0.25) is 11.8 Å². The van der Waals surface area contributed by atoms with Crippen molar-refractivity contribution in [1.82, 2.24) is 5.32 Å². The number of carboxylic acids is 1. The maximum Gasteiger partial charge on any atom is 0.328 e. The molecule has 2 rings (SSSR count). The molecule has 3 N–H and O–H groups in total. The van der Waals surface area contributed by atoms with Crippen LogP contribution in [0.2, 0.25) is 0 Å². The van der Waals surface area contributed by atoms with E-state index >= 15 is 0 Å². The monoisotopic (exact) mass is 274 g/mol. The van der Waals surface area contributed by atoms with Crippen LogP contribution in [0.25, 0.3) is 6.08 Å². The molecule has 0 aromatic heterocycles. The van der Waals surface area contributed by atoms with Crippen LogP contribution in [0.4, 0.5) is 5.69 Å². The number of rotatable bonds is 4. The van der Waals surface area contributed by atoms with Gasteiger partial charge in [-0.05, 0) is 30.2 Å². The Kier molecular flexibility index (Phi) is 4.14. The highest BCUT2D eigenvalue weighted by Crippen LogP contribution is 2.14. The van der Waals surface area contributed by atoms with Crippen LogP contribution in [0.1, 0.15) is 18.4 Å². The average molecular weight is 274 g/mol. The van der Waals surface area contributed by atoms with E-state index in [0.29, 0.717) is 24.1 Å². The average Bonchev–Trinajstić information content (AvgIpc) is 2.84. The summed E-state index contributed by atoms with van der Waals surface area (Å²) in [4.78, 5) is 33.4. The van der Waals surface area contributed by atoms with Crippen molar-refractivity contribution in [2.75, 3.05) is 5.32 Å². The van der Waals surface area contributed by atoms with Gasteiger partial charge in [0.05, 0.1) is 0 Å². The summed E-state index contributed by atoms with van der Waals surface area (Å²) in [5, 5.41) is 13.8. The molecule has 0 spiro atoms. The predicted molar refractivity (Wildman–Crippen MR) is 72.9 cm³/mol. The molecule has 0 radical (unpaired) electrons. The van der Waals surface area contributed by atoms with Crippen molar-refractivity contribution in [2.45, 2.75) is 18.9 Å². The van der Waals surface area contributed by atoms with Crippen molar-refractivity contribution >= 4 is 29.5 Å². The fraction of sp³-hybridized carbons (Fsp3) is 0.214. The molecule has 0 aliphatic carbocycles. The molecule has 1 aromatic carbocycles. The number of hydrogen-bond donors (Lipinski definition) is 3. The van der Waals surface area contributed by atoms with Crippen molar-refractivity contribution < 1.29 is 19.5 Å². The van der Waals surface area contributed by atoms with E-state index in [2.05, 4.69) is 10.6 Å². The van der Waals surface area contributed by atoms with E-state index < -0.39 is 12.0 Å². The molecule has 0 bridgehead atoms. The number of amides is 2. The van der Waals surface area contributed by atoms with Crippen LogP contribution in [0, 0.1) is 0 Å². The lowest BCUT2D eigenvalue weighted by Gasteiger charge is -2.11. The minimum Gasteiger partial charge on any atom is -0.478 e. The maximum atomic E-state index is 11.9. The first-order chi connectivity index (χ1) is 9.54. The second-order valence-electron chi connectivity index (χ2n) is 4.45. The standard InChI is InChI=1S/C14H14N2O4/c17-12-6-5-11(16-12)14(20)15-10-3-1-2-9(8-10)4-7-13(18)19/h1-4,7-8,11H,5-6H2,(H,15,20)(H,16,17)(H,18,19)/b7-4+/t11-/m1/s1. The lowest BCUT2D eigenvalue weighted by atomic mass is 10.1. The third kappa shape index (κ3) is 3.68. The summed E-state index contributed by atoms with van der Waals surface area (Å²) >= 11 is 0. The van der Waals surface area contributed by atoms with Gasteiger partial charge >= 0.3 is 5.97 Å². The molecule has 2 amide bonds. The molecule has 0 saturated carbocycles. The van der Waals surface area contributed by atoms with Gasteiger partial charge in [0.1, 0.15) is 6.04 Å². The smallest absolute Gasteiger partial charge is 0.328 e. The summed E-state index contributed by atoms with van der Waals surface area (Å²) in [6, 6.07) is 6.30. The number of carboxylic acid groups (broad SMARTS) is 1. The molecule has 104 valence electrons. The second kappa shape index (κ2) is 6.01. The SMILES string of the molecule is O=C(O)/C=C/c1cccc(NC(=O)[C@H]2CCC(=O)N2)c1. The Balaban J connectivity index is 2.02. The number of carbonyl (C=O) groups is 3. The van der Waals surface area contributed by atoms with Crippen molar-refractivity contribution in [3.63, 3.8) is 0 Å². The third-order valence-corrected chi connectivity index (χ3v) is 2.88. The third-order valence-electron chi connectivity index (χ3n) is 2.88. The molecule has 1 aliphatic rings. The topological polar surface area (TPSA) is 95.5 Å². The Morgan fingerprint density at radius 2 is 2.20 bits per heavy atom. The Hall–Kier alpha value is -2.63. The molecular formula is C14H14N2O4. The fourth-order valence-corrected chi connectivity index (χ4v) is 1.93. The van der Waals surface area contributed by atoms with Crippen LogP contribution >= 0.6 is 0 Å². The van der Waals surface area contributed by atoms with Crippen molar-refractivity contribution in [2.24, 2.45) is 0 Å². The van der Waals surface area contributed by atoms with Crippen molar-refractivity contribution in [3.8, 4) is 0 Å². The lowest BCUT2D eigenvalue weighted by Crippen LogP contribution is -2.37. The molecule has 1 aliphatic heterocycles. The molecule has 6 heteroatoms. The van der Waals surface area contributed by atoms with E-state index in [-0.39, 0.29) is 11.8 Å². The highest BCUT2D eigenvalue weighted by atomic mass is 16.4. The van der Waals surface area contributed by atoms with Crippen molar-refractivity contribution in [1.29, 1.82) is 0 Å². The van der Waals surface area contributed by atoms with Gasteiger partial charge in [0.25, 0.3) is 0 Å². The van der Waals surface area contributed by atoms with Gasteiger partial charge in [0.15, 0.2) is 0 Å². The molecule has 1 aromatic rings. The van der Waals surface area contributed by atoms with Crippen LogP contribution in [-0.2, 0) is 14.4 Å². The quantitative estimate of drug-likeness (QED) is 0.714. The van der Waals surface area contributed by atoms with Crippen LogP contribution in [0.3, 0.4) is 0 Å². The van der Waals surface area contributed by atoms with Crippen LogP contribution < -0.4 is 10.6 Å². The first-order valence-electron chi connectivity index (χ1n) is 6.16. The summed E-state index contributed by atoms with van der Waals surface area (Å²) in [5.74, 6) is -1.42. The van der Waals surface area contributed by atoms with Gasteiger partial charge in [-0.1, -0.05) is 12.1 Å². The zero-order valence-electron chi connectivity index (χ0n) is 10.6. The Bertz CT molecular complexity index is 580. The fourth-order valence-electron chi connectivity index (χ4n) is 1.93. The van der Waals surface area contributed by atoms with Gasteiger partial charge in [-0.25, -0.2) is 4.79 Å². The summed E-state index contributed by atoms with van der Waals surface area (Å²) in [6.45, 7) is 0. The Morgan fingerprint density at radius 3 is 2.85 bits per heavy atom. The Morgan fingerprint density at radius 1 is 1.40 bits per heavy atom. The van der Waals surface area contributed by atoms with E-state index in [1.807, 2.05) is 0 Å². The zero-order valence-corrected chi connectivity index (χ0v) is 10.6. The lowest BCUT2D eigenvalue weighted by molar-refractivity contribution is -0.131. The van der Waals surface area contributed by atoms with E-state index in [4.69, 9.17) is 5.11 Å². The molecule has 0 unspecified atom stereocenters. The summed E-state index contributed by atoms with van der Waals surface area (Å²) in [7, 11) is 0. The van der Waals surface area contributed by atoms with Crippen LogP contribution in [0.5, 0.6) is 0 Å². The maximum absolute atomic E-state index is 11.9. The van der Waals surface area contributed by atoms with Crippen molar-refractivity contribution in [3.05, 3.63) is 35.9 Å². The number of carbonyl (C=O) groups excluding carboxylic acids is 2. The Labute approximate surface area is 115 Å². The number of benzene rings is 1. The zero-order chi connectivity index (χ0) is 14.5.